The maximum absolute atomic E-state index is 13.8. The monoisotopic (exact) mass is 538 g/mol. The highest BCUT2D eigenvalue weighted by Crippen LogP contribution is 2.68. The summed E-state index contributed by atoms with van der Waals surface area (Å²) in [6.07, 6.45) is 0.867. The van der Waals surface area contributed by atoms with Gasteiger partial charge in [0.15, 0.2) is 0 Å². The van der Waals surface area contributed by atoms with Gasteiger partial charge >= 0.3 is 10.8 Å². The lowest BCUT2D eigenvalue weighted by molar-refractivity contribution is -0.123. The van der Waals surface area contributed by atoms with Gasteiger partial charge in [0, 0.05) is 20.9 Å². The fourth-order valence-electron chi connectivity index (χ4n) is 7.02. The van der Waals surface area contributed by atoms with Gasteiger partial charge in [0.1, 0.15) is 0 Å². The quantitative estimate of drug-likeness (QED) is 0.392. The number of aromatic nitrogens is 1. The number of imide groups is 1. The summed E-state index contributed by atoms with van der Waals surface area (Å²) in [6.45, 7) is 2.03. The number of thioether (sulfide) groups is 1. The van der Waals surface area contributed by atoms with Crippen LogP contribution in [0.1, 0.15) is 39.4 Å². The van der Waals surface area contributed by atoms with Gasteiger partial charge in [-0.25, -0.2) is 4.79 Å². The number of esters is 1. The minimum Gasteiger partial charge on any atom is -0.462 e. The van der Waals surface area contributed by atoms with Gasteiger partial charge in [-0.2, -0.15) is 0 Å². The maximum Gasteiger partial charge on any atom is 0.338 e. The molecule has 184 valence electrons. The van der Waals surface area contributed by atoms with Gasteiger partial charge in [-0.15, -0.1) is 23.1 Å². The number of nitrogens with one attached hydrogen (secondary N) is 1. The fourth-order valence-corrected chi connectivity index (χ4v) is 10.9. The zero-order valence-corrected chi connectivity index (χ0v) is 21.7. The van der Waals surface area contributed by atoms with Gasteiger partial charge in [0.2, 0.25) is 11.8 Å². The molecule has 1 aromatic carbocycles. The first-order valence-corrected chi connectivity index (χ1v) is 14.6. The summed E-state index contributed by atoms with van der Waals surface area (Å²) < 4.78 is 5.05. The van der Waals surface area contributed by atoms with E-state index in [0.29, 0.717) is 11.3 Å². The molecule has 2 aliphatic carbocycles. The summed E-state index contributed by atoms with van der Waals surface area (Å²) in [5, 5.41) is 3.17. The number of anilines is 1. The molecule has 1 saturated heterocycles. The second kappa shape index (κ2) is 8.16. The lowest BCUT2D eigenvalue weighted by Gasteiger charge is -2.42. The zero-order valence-electron chi connectivity index (χ0n) is 19.2. The number of thiophene rings is 1. The minimum atomic E-state index is -0.427. The van der Waals surface area contributed by atoms with Crippen LogP contribution < -0.4 is 9.77 Å². The van der Waals surface area contributed by atoms with Gasteiger partial charge in [0.05, 0.1) is 34.7 Å². The largest absolute Gasteiger partial charge is 0.462 e. The molecule has 2 aliphatic heterocycles. The van der Waals surface area contributed by atoms with Crippen molar-refractivity contribution in [1.29, 1.82) is 0 Å². The van der Waals surface area contributed by atoms with Crippen molar-refractivity contribution in [3.8, 4) is 0 Å². The van der Waals surface area contributed by atoms with Gasteiger partial charge in [0.25, 0.3) is 0 Å². The van der Waals surface area contributed by atoms with Crippen LogP contribution in [0.2, 0.25) is 0 Å². The fraction of sp³-hybridized carbons (Fsp3) is 0.385. The number of carbonyl (C=O) groups is 3. The van der Waals surface area contributed by atoms with Crippen molar-refractivity contribution in [2.24, 2.45) is 29.6 Å². The summed E-state index contributed by atoms with van der Waals surface area (Å²) in [5.74, 6) is -0.909. The summed E-state index contributed by atoms with van der Waals surface area (Å²) in [7, 11) is 0. The lowest BCUT2D eigenvalue weighted by atomic mass is 9.69. The van der Waals surface area contributed by atoms with Crippen LogP contribution in [0.25, 0.3) is 0 Å². The predicted molar refractivity (Wildman–Crippen MR) is 138 cm³/mol. The van der Waals surface area contributed by atoms with Crippen molar-refractivity contribution in [2.75, 3.05) is 11.5 Å². The molecule has 3 fully saturated rings. The zero-order chi connectivity index (χ0) is 24.7. The molecule has 4 aliphatic rings. The number of benzene rings is 1. The van der Waals surface area contributed by atoms with Crippen molar-refractivity contribution in [3.05, 3.63) is 66.8 Å². The molecule has 7 nitrogen and oxygen atoms in total. The summed E-state index contributed by atoms with van der Waals surface area (Å²) in [5.41, 5.74) is 0.891. The third kappa shape index (κ3) is 3.04. The summed E-state index contributed by atoms with van der Waals surface area (Å²) in [6, 6.07) is 10.7. The molecular formula is C26H22N2O5S3. The number of amides is 2. The van der Waals surface area contributed by atoms with Gasteiger partial charge in [-0.05, 0) is 66.8 Å². The van der Waals surface area contributed by atoms with E-state index in [2.05, 4.69) is 16.4 Å². The number of hydrogen-bond acceptors (Lipinski definition) is 8. The van der Waals surface area contributed by atoms with Gasteiger partial charge in [-0.1, -0.05) is 17.4 Å². The Kier molecular flexibility index (Phi) is 5.10. The van der Waals surface area contributed by atoms with Crippen molar-refractivity contribution in [2.45, 2.75) is 29.5 Å². The van der Waals surface area contributed by atoms with Crippen LogP contribution in [-0.2, 0) is 14.3 Å². The second-order valence-electron chi connectivity index (χ2n) is 9.76. The van der Waals surface area contributed by atoms with Gasteiger partial charge in [-0.3, -0.25) is 19.3 Å². The molecule has 2 aromatic heterocycles. The molecule has 0 unspecified atom stereocenters. The van der Waals surface area contributed by atoms with E-state index in [0.717, 1.165) is 16.3 Å². The van der Waals surface area contributed by atoms with E-state index in [4.69, 9.17) is 4.74 Å². The Morgan fingerprint density at radius 2 is 1.83 bits per heavy atom. The third-order valence-electron chi connectivity index (χ3n) is 8.21. The van der Waals surface area contributed by atoms with E-state index in [9.17, 15) is 19.2 Å². The van der Waals surface area contributed by atoms with Crippen LogP contribution in [0.5, 0.6) is 0 Å². The molecule has 3 aromatic rings. The highest BCUT2D eigenvalue weighted by atomic mass is 32.2. The van der Waals surface area contributed by atoms with Crippen molar-refractivity contribution < 1.29 is 19.1 Å². The predicted octanol–water partition coefficient (Wildman–Crippen LogP) is 4.35. The Balaban J connectivity index is 1.24. The summed E-state index contributed by atoms with van der Waals surface area (Å²) >= 11 is 4.67. The highest BCUT2D eigenvalue weighted by molar-refractivity contribution is 8.00. The lowest BCUT2D eigenvalue weighted by Crippen LogP contribution is -2.42. The number of carbonyl (C=O) groups excluding carboxylic acids is 3. The maximum atomic E-state index is 13.8. The second-order valence-corrected chi connectivity index (χ2v) is 12.9. The van der Waals surface area contributed by atoms with E-state index in [1.807, 2.05) is 6.07 Å². The summed E-state index contributed by atoms with van der Waals surface area (Å²) in [4.78, 5) is 58.4. The molecular weight excluding hydrogens is 516 g/mol. The number of hydrogen-bond donors (Lipinski definition) is 1. The Morgan fingerprint density at radius 3 is 2.53 bits per heavy atom. The Labute approximate surface area is 218 Å². The normalized spacial score (nSPS) is 31.9. The number of ether oxygens (including phenoxy) is 1. The first-order valence-electron chi connectivity index (χ1n) is 12.1. The minimum absolute atomic E-state index is 0.0498. The Hall–Kier alpha value is -2.69. The molecule has 4 heterocycles. The molecule has 1 N–H and O–H groups in total. The highest BCUT2D eigenvalue weighted by Gasteiger charge is 2.69. The number of H-pyrrole nitrogens is 1. The van der Waals surface area contributed by atoms with Crippen molar-refractivity contribution in [1.82, 2.24) is 4.98 Å². The Morgan fingerprint density at radius 1 is 1.08 bits per heavy atom. The average molecular weight is 539 g/mol. The Bertz CT molecular complexity index is 1440. The molecule has 10 heteroatoms. The van der Waals surface area contributed by atoms with Gasteiger partial charge < -0.3 is 9.72 Å². The van der Waals surface area contributed by atoms with E-state index < -0.39 is 5.97 Å². The molecule has 36 heavy (non-hydrogen) atoms. The van der Waals surface area contributed by atoms with Crippen LogP contribution in [0, 0.1) is 29.6 Å². The smallest absolute Gasteiger partial charge is 0.338 e. The van der Waals surface area contributed by atoms with Crippen molar-refractivity contribution in [3.63, 3.8) is 0 Å². The average Bonchev–Trinajstić information content (AvgIpc) is 3.67. The van der Waals surface area contributed by atoms with Crippen LogP contribution in [0.15, 0.2) is 51.6 Å². The molecule has 2 bridgehead atoms. The number of aromatic amines is 1. The molecule has 0 spiro atoms. The molecule has 0 radical (unpaired) electrons. The van der Waals surface area contributed by atoms with E-state index in [1.54, 1.807) is 54.3 Å². The van der Waals surface area contributed by atoms with Crippen LogP contribution in [-0.4, -0.2) is 34.6 Å². The third-order valence-corrected chi connectivity index (χ3v) is 11.8. The number of fused-ring (bicyclic) bond motifs is 9. The first-order chi connectivity index (χ1) is 17.5. The van der Waals surface area contributed by atoms with E-state index in [1.165, 1.54) is 21.1 Å². The van der Waals surface area contributed by atoms with E-state index in [-0.39, 0.29) is 64.1 Å². The molecule has 2 amide bonds. The van der Waals surface area contributed by atoms with Crippen molar-refractivity contribution >= 4 is 57.9 Å². The van der Waals surface area contributed by atoms with E-state index >= 15 is 0 Å². The standard InChI is InChI=1S/C26H22N2O5S3/c1-2-33-25(31)11-5-7-12(8-6-11)28-23(29)17-13-10-14(18(17)24(28)30)20-16(13)19(15-4-3-9-34-15)21-22(35-20)27-26(32)36-21/h3-9,13-14,16-20H,2,10H2,1H3,(H,27,32)/t13-,14-,16-,17-,18-,19-,20+/m0/s1. The van der Waals surface area contributed by atoms with Crippen LogP contribution in [0.3, 0.4) is 0 Å². The molecule has 7 rings (SSSR count). The van der Waals surface area contributed by atoms with Crippen LogP contribution in [0.4, 0.5) is 5.69 Å². The molecule has 2 saturated carbocycles. The number of rotatable bonds is 4. The number of nitrogens with zero attached hydrogens (tertiary/aromatic N) is 1. The van der Waals surface area contributed by atoms with Crippen LogP contribution >= 0.6 is 34.4 Å². The first kappa shape index (κ1) is 22.5. The number of thiazole rings is 1. The SMILES string of the molecule is CCOC(=O)c1ccc(N2C(=O)[C@H]3[C@@H]4C[C@H]([C@@H]3C2=O)[C@H]2[C@H](c3cccs3)c3sc(=O)[nH]c3S[C@H]42)cc1. The molecule has 7 atom stereocenters. The topological polar surface area (TPSA) is 96.5 Å².